The molecule has 1 heterocycles. The van der Waals surface area contributed by atoms with E-state index in [2.05, 4.69) is 20.9 Å². The van der Waals surface area contributed by atoms with Crippen molar-refractivity contribution >= 4 is 32.4 Å². The number of thiazole rings is 1. The summed E-state index contributed by atoms with van der Waals surface area (Å²) in [6.45, 7) is 2.04. The lowest BCUT2D eigenvalue weighted by Crippen LogP contribution is -2.07. The largest absolute Gasteiger partial charge is 0.354 e. The third kappa shape index (κ3) is 1.93. The summed E-state index contributed by atoms with van der Waals surface area (Å²) in [6.07, 6.45) is 0. The normalized spacial score (nSPS) is 10.2. The number of halogens is 1. The van der Waals surface area contributed by atoms with Gasteiger partial charge in [-0.1, -0.05) is 15.9 Å². The Morgan fingerprint density at radius 3 is 2.45 bits per heavy atom. The first-order chi connectivity index (χ1) is 5.15. The smallest absolute Gasteiger partial charge is 0.185 e. The zero-order valence-electron chi connectivity index (χ0n) is 6.89. The highest BCUT2D eigenvalue weighted by Gasteiger charge is 2.06. The van der Waals surface area contributed by atoms with E-state index in [0.717, 1.165) is 16.2 Å². The summed E-state index contributed by atoms with van der Waals surface area (Å²) in [4.78, 5) is 7.74. The van der Waals surface area contributed by atoms with Gasteiger partial charge in [-0.15, -0.1) is 11.3 Å². The van der Waals surface area contributed by atoms with Crippen LogP contribution in [0.25, 0.3) is 0 Å². The van der Waals surface area contributed by atoms with Gasteiger partial charge in [0.15, 0.2) is 5.13 Å². The topological polar surface area (TPSA) is 16.1 Å². The minimum Gasteiger partial charge on any atom is -0.354 e. The monoisotopic (exact) mass is 234 g/mol. The molecule has 0 aliphatic carbocycles. The molecule has 1 aromatic heterocycles. The van der Waals surface area contributed by atoms with Gasteiger partial charge in [0.25, 0.3) is 0 Å². The van der Waals surface area contributed by atoms with Crippen molar-refractivity contribution in [2.24, 2.45) is 0 Å². The summed E-state index contributed by atoms with van der Waals surface area (Å²) >= 11 is 5.16. The van der Waals surface area contributed by atoms with E-state index in [1.54, 1.807) is 11.3 Å². The Morgan fingerprint density at radius 1 is 1.55 bits per heavy atom. The first-order valence-corrected chi connectivity index (χ1v) is 5.28. The molecule has 1 aromatic rings. The molecule has 0 amide bonds. The van der Waals surface area contributed by atoms with Crippen molar-refractivity contribution in [3.63, 3.8) is 0 Å². The number of hydrogen-bond acceptors (Lipinski definition) is 3. The number of hydrogen-bond donors (Lipinski definition) is 0. The molecule has 0 saturated heterocycles. The highest BCUT2D eigenvalue weighted by Crippen LogP contribution is 2.25. The minimum atomic E-state index is 0.907. The van der Waals surface area contributed by atoms with Crippen LogP contribution in [0.1, 0.15) is 10.6 Å². The van der Waals surface area contributed by atoms with E-state index in [1.165, 1.54) is 4.88 Å². The van der Waals surface area contributed by atoms with E-state index in [9.17, 15) is 0 Å². The van der Waals surface area contributed by atoms with Crippen LogP contribution < -0.4 is 4.90 Å². The van der Waals surface area contributed by atoms with Gasteiger partial charge in [-0.3, -0.25) is 0 Å². The summed E-state index contributed by atoms with van der Waals surface area (Å²) in [7, 11) is 4.02. The molecule has 0 bridgehead atoms. The van der Waals surface area contributed by atoms with Gasteiger partial charge in [0.05, 0.1) is 5.69 Å². The second kappa shape index (κ2) is 3.54. The van der Waals surface area contributed by atoms with Crippen LogP contribution in [0.15, 0.2) is 0 Å². The van der Waals surface area contributed by atoms with Gasteiger partial charge in [-0.2, -0.15) is 0 Å². The summed E-state index contributed by atoms with van der Waals surface area (Å²) in [5.74, 6) is 0. The lowest BCUT2D eigenvalue weighted by Gasteiger charge is -2.04. The van der Waals surface area contributed by atoms with Gasteiger partial charge in [-0.05, 0) is 6.92 Å². The fraction of sp³-hybridized carbons (Fsp3) is 0.571. The number of anilines is 1. The zero-order valence-corrected chi connectivity index (χ0v) is 9.29. The van der Waals surface area contributed by atoms with Crippen molar-refractivity contribution in [3.05, 3.63) is 10.6 Å². The maximum atomic E-state index is 4.40. The second-order valence-electron chi connectivity index (χ2n) is 2.53. The molecule has 0 aromatic carbocycles. The first kappa shape index (κ1) is 9.00. The van der Waals surface area contributed by atoms with Gasteiger partial charge < -0.3 is 4.90 Å². The molecule has 0 N–H and O–H groups in total. The standard InChI is InChI=1S/C7H11BrN2S/c1-5-6(4-8)11-7(9-5)10(2)3/h4H2,1-3H3. The molecule has 1 rings (SSSR count). The van der Waals surface area contributed by atoms with Gasteiger partial charge in [0.1, 0.15) is 0 Å². The molecule has 0 spiro atoms. The lowest BCUT2D eigenvalue weighted by atomic mass is 10.4. The molecule has 4 heteroatoms. The highest BCUT2D eigenvalue weighted by atomic mass is 79.9. The number of aromatic nitrogens is 1. The van der Waals surface area contributed by atoms with Crippen LogP contribution >= 0.6 is 27.3 Å². The SMILES string of the molecule is Cc1nc(N(C)C)sc1CBr. The van der Waals surface area contributed by atoms with Crippen molar-refractivity contribution in [3.8, 4) is 0 Å². The highest BCUT2D eigenvalue weighted by molar-refractivity contribution is 9.08. The van der Waals surface area contributed by atoms with Crippen molar-refractivity contribution in [1.29, 1.82) is 0 Å². The number of alkyl halides is 1. The molecule has 0 aliphatic heterocycles. The summed E-state index contributed by atoms with van der Waals surface area (Å²) in [6, 6.07) is 0. The van der Waals surface area contributed by atoms with E-state index < -0.39 is 0 Å². The zero-order chi connectivity index (χ0) is 8.43. The second-order valence-corrected chi connectivity index (χ2v) is 4.16. The van der Waals surface area contributed by atoms with E-state index in [0.29, 0.717) is 0 Å². The number of aryl methyl sites for hydroxylation is 1. The quantitative estimate of drug-likeness (QED) is 0.732. The van der Waals surface area contributed by atoms with E-state index in [4.69, 9.17) is 0 Å². The van der Waals surface area contributed by atoms with Gasteiger partial charge >= 0.3 is 0 Å². The fourth-order valence-corrected chi connectivity index (χ4v) is 2.31. The molecule has 0 aliphatic rings. The predicted octanol–water partition coefficient (Wildman–Crippen LogP) is 2.41. The molecular formula is C7H11BrN2S. The predicted molar refractivity (Wildman–Crippen MR) is 53.8 cm³/mol. The van der Waals surface area contributed by atoms with Crippen LogP contribution in [0.2, 0.25) is 0 Å². The Morgan fingerprint density at radius 2 is 2.18 bits per heavy atom. The van der Waals surface area contributed by atoms with Crippen LogP contribution in [0, 0.1) is 6.92 Å². The minimum absolute atomic E-state index is 0.907. The summed E-state index contributed by atoms with van der Waals surface area (Å²) in [5.41, 5.74) is 1.13. The molecular weight excluding hydrogens is 224 g/mol. The Hall–Kier alpha value is -0.0900. The molecule has 0 radical (unpaired) electrons. The molecule has 0 fully saturated rings. The average Bonchev–Trinajstić information content (AvgIpc) is 2.31. The van der Waals surface area contributed by atoms with Crippen LogP contribution in [0.5, 0.6) is 0 Å². The summed E-state index contributed by atoms with van der Waals surface area (Å²) < 4.78 is 0. The third-order valence-electron chi connectivity index (χ3n) is 1.39. The van der Waals surface area contributed by atoms with Crippen LogP contribution in [0.4, 0.5) is 5.13 Å². The maximum absolute atomic E-state index is 4.40. The van der Waals surface area contributed by atoms with Crippen LogP contribution in [-0.2, 0) is 5.33 Å². The fourth-order valence-electron chi connectivity index (χ4n) is 0.728. The van der Waals surface area contributed by atoms with Crippen molar-refractivity contribution in [2.45, 2.75) is 12.3 Å². The maximum Gasteiger partial charge on any atom is 0.185 e. The van der Waals surface area contributed by atoms with E-state index in [-0.39, 0.29) is 0 Å². The number of nitrogens with zero attached hydrogens (tertiary/aromatic N) is 2. The van der Waals surface area contributed by atoms with Gasteiger partial charge in [0, 0.05) is 24.3 Å². The van der Waals surface area contributed by atoms with E-state index in [1.807, 2.05) is 25.9 Å². The molecule has 0 unspecified atom stereocenters. The number of rotatable bonds is 2. The van der Waals surface area contributed by atoms with Gasteiger partial charge in [0.2, 0.25) is 0 Å². The Kier molecular flexibility index (Phi) is 2.90. The average molecular weight is 235 g/mol. The van der Waals surface area contributed by atoms with Crippen LogP contribution in [-0.4, -0.2) is 19.1 Å². The lowest BCUT2D eigenvalue weighted by molar-refractivity contribution is 1.08. The Bertz CT molecular complexity index is 245. The molecule has 62 valence electrons. The Balaban J connectivity index is 2.95. The van der Waals surface area contributed by atoms with Crippen molar-refractivity contribution < 1.29 is 0 Å². The van der Waals surface area contributed by atoms with Gasteiger partial charge in [-0.25, -0.2) is 4.98 Å². The van der Waals surface area contributed by atoms with E-state index >= 15 is 0 Å². The molecule has 0 atom stereocenters. The molecule has 2 nitrogen and oxygen atoms in total. The van der Waals surface area contributed by atoms with Crippen molar-refractivity contribution in [1.82, 2.24) is 4.98 Å². The molecule has 0 saturated carbocycles. The Labute approximate surface area is 79.4 Å². The molecule has 11 heavy (non-hydrogen) atoms. The van der Waals surface area contributed by atoms with Crippen LogP contribution in [0.3, 0.4) is 0 Å². The van der Waals surface area contributed by atoms with Crippen molar-refractivity contribution in [2.75, 3.05) is 19.0 Å². The summed E-state index contributed by atoms with van der Waals surface area (Å²) in [5, 5.41) is 1.99. The third-order valence-corrected chi connectivity index (χ3v) is 3.64. The first-order valence-electron chi connectivity index (χ1n) is 3.34.